The Bertz CT molecular complexity index is 1690. The molecule has 0 spiro atoms. The van der Waals surface area contributed by atoms with E-state index in [2.05, 4.69) is 20.9 Å². The summed E-state index contributed by atoms with van der Waals surface area (Å²) in [4.78, 5) is 19.9. The number of anilines is 5. The highest BCUT2D eigenvalue weighted by atomic mass is 35.5. The third kappa shape index (κ3) is 6.40. The van der Waals surface area contributed by atoms with Gasteiger partial charge >= 0.3 is 6.03 Å². The molecule has 5 aromatic rings. The minimum Gasteiger partial charge on any atom is -0.495 e. The Balaban J connectivity index is 1.39. The lowest BCUT2D eigenvalue weighted by atomic mass is 10.1. The number of carbonyl (C=O) groups excluding carboxylic acids is 1. The van der Waals surface area contributed by atoms with Crippen molar-refractivity contribution >= 4 is 79.5 Å². The summed E-state index contributed by atoms with van der Waals surface area (Å²) < 4.78 is 11.1. The number of fused-ring (bicyclic) bond motifs is 2. The van der Waals surface area contributed by atoms with E-state index in [1.807, 2.05) is 78.9 Å². The summed E-state index contributed by atoms with van der Waals surface area (Å²) in [6.45, 7) is 1.37. The topological polar surface area (TPSA) is 87.7 Å². The van der Waals surface area contributed by atoms with Gasteiger partial charge in [0.15, 0.2) is 0 Å². The predicted molar refractivity (Wildman–Crippen MR) is 175 cm³/mol. The number of hydrogen-bond donors (Lipinski definition) is 3. The molecule has 0 aliphatic carbocycles. The van der Waals surface area contributed by atoms with Crippen LogP contribution in [0.25, 0.3) is 21.8 Å². The standard InChI is InChI=1S/C32H31Cl2N5O3/c1-41-28-15-12-22(35-30-24-6-3-4-8-26(24)37-31-25(30)7-5-9-29(31)42-2)20-27(28)38-32(40)36-21-10-13-23(14-11-21)39(18-16-33)19-17-34/h3-15,20H,16-19H2,1-2H3,(H,35,37)(H2,36,38,40). The van der Waals surface area contributed by atoms with Crippen LogP contribution in [-0.4, -0.2) is 50.1 Å². The number of halogens is 2. The number of para-hydroxylation sites is 2. The Morgan fingerprint density at radius 1 is 0.786 bits per heavy atom. The SMILES string of the molecule is COc1ccc(Nc2c3ccccc3nc3c(OC)cccc23)cc1NC(=O)Nc1ccc(N(CCCl)CCCl)cc1. The van der Waals surface area contributed by atoms with E-state index in [9.17, 15) is 4.79 Å². The zero-order chi connectivity index (χ0) is 29.5. The molecule has 0 unspecified atom stereocenters. The molecule has 5 rings (SSSR count). The van der Waals surface area contributed by atoms with Crippen LogP contribution in [0, 0.1) is 0 Å². The van der Waals surface area contributed by atoms with Gasteiger partial charge in [-0.2, -0.15) is 0 Å². The number of aromatic nitrogens is 1. The monoisotopic (exact) mass is 603 g/mol. The van der Waals surface area contributed by atoms with E-state index in [-0.39, 0.29) is 0 Å². The molecule has 0 aliphatic rings. The van der Waals surface area contributed by atoms with Crippen molar-refractivity contribution in [3.63, 3.8) is 0 Å². The van der Waals surface area contributed by atoms with Crippen molar-refractivity contribution < 1.29 is 14.3 Å². The van der Waals surface area contributed by atoms with E-state index >= 15 is 0 Å². The maximum Gasteiger partial charge on any atom is 0.323 e. The summed E-state index contributed by atoms with van der Waals surface area (Å²) in [5.74, 6) is 2.21. The number of amides is 2. The summed E-state index contributed by atoms with van der Waals surface area (Å²) in [6, 6.07) is 26.4. The number of benzene rings is 4. The van der Waals surface area contributed by atoms with Crippen LogP contribution in [0.3, 0.4) is 0 Å². The summed E-state index contributed by atoms with van der Waals surface area (Å²) in [5, 5.41) is 11.2. The lowest BCUT2D eigenvalue weighted by Crippen LogP contribution is -2.27. The molecule has 8 nitrogen and oxygen atoms in total. The van der Waals surface area contributed by atoms with Crippen molar-refractivity contribution in [3.8, 4) is 11.5 Å². The molecule has 4 aromatic carbocycles. The second-order valence-electron chi connectivity index (χ2n) is 9.39. The number of pyridine rings is 1. The number of alkyl halides is 2. The van der Waals surface area contributed by atoms with Crippen molar-refractivity contribution in [2.75, 3.05) is 59.9 Å². The van der Waals surface area contributed by atoms with Crippen LogP contribution >= 0.6 is 23.2 Å². The Morgan fingerprint density at radius 2 is 1.48 bits per heavy atom. The molecule has 0 saturated heterocycles. The quantitative estimate of drug-likeness (QED) is 0.104. The number of ether oxygens (including phenoxy) is 2. The average molecular weight is 605 g/mol. The number of carbonyl (C=O) groups is 1. The van der Waals surface area contributed by atoms with Gasteiger partial charge < -0.3 is 30.3 Å². The molecule has 0 bridgehead atoms. The first kappa shape index (κ1) is 29.1. The average Bonchev–Trinajstić information content (AvgIpc) is 3.01. The number of rotatable bonds is 11. The van der Waals surface area contributed by atoms with Gasteiger partial charge in [-0.25, -0.2) is 9.78 Å². The summed E-state index contributed by atoms with van der Waals surface area (Å²) >= 11 is 11.9. The lowest BCUT2D eigenvalue weighted by Gasteiger charge is -2.23. The summed E-state index contributed by atoms with van der Waals surface area (Å²) in [7, 11) is 3.20. The Morgan fingerprint density at radius 3 is 2.19 bits per heavy atom. The molecular formula is C32H31Cl2N5O3. The second kappa shape index (κ2) is 13.5. The number of nitrogens with one attached hydrogen (secondary N) is 3. The van der Waals surface area contributed by atoms with Crippen LogP contribution in [-0.2, 0) is 0 Å². The second-order valence-corrected chi connectivity index (χ2v) is 10.1. The molecular weight excluding hydrogens is 573 g/mol. The number of hydrogen-bond acceptors (Lipinski definition) is 6. The number of urea groups is 1. The highest BCUT2D eigenvalue weighted by Crippen LogP contribution is 2.38. The minimum atomic E-state index is -0.402. The third-order valence-electron chi connectivity index (χ3n) is 6.81. The van der Waals surface area contributed by atoms with Gasteiger partial charge in [0.1, 0.15) is 17.0 Å². The zero-order valence-corrected chi connectivity index (χ0v) is 24.8. The fraction of sp³-hybridized carbons (Fsp3) is 0.188. The van der Waals surface area contributed by atoms with E-state index in [1.54, 1.807) is 20.3 Å². The summed E-state index contributed by atoms with van der Waals surface area (Å²) in [5.41, 5.74) is 5.37. The molecule has 0 radical (unpaired) electrons. The van der Waals surface area contributed by atoms with Gasteiger partial charge in [0.25, 0.3) is 0 Å². The highest BCUT2D eigenvalue weighted by molar-refractivity contribution is 6.18. The first-order chi connectivity index (χ1) is 20.5. The fourth-order valence-electron chi connectivity index (χ4n) is 4.83. The van der Waals surface area contributed by atoms with Gasteiger partial charge in [-0.05, 0) is 54.6 Å². The van der Waals surface area contributed by atoms with Gasteiger partial charge in [-0.3, -0.25) is 0 Å². The van der Waals surface area contributed by atoms with Crippen LogP contribution in [0.1, 0.15) is 0 Å². The Kier molecular flexibility index (Phi) is 9.36. The normalized spacial score (nSPS) is 10.9. The van der Waals surface area contributed by atoms with Crippen molar-refractivity contribution in [3.05, 3.63) is 84.9 Å². The first-order valence-electron chi connectivity index (χ1n) is 13.4. The van der Waals surface area contributed by atoms with Crippen LogP contribution < -0.4 is 30.3 Å². The van der Waals surface area contributed by atoms with E-state index in [4.69, 9.17) is 37.7 Å². The van der Waals surface area contributed by atoms with E-state index in [0.717, 1.165) is 38.9 Å². The molecule has 1 heterocycles. The van der Waals surface area contributed by atoms with Gasteiger partial charge in [0.2, 0.25) is 0 Å². The van der Waals surface area contributed by atoms with Crippen molar-refractivity contribution in [1.29, 1.82) is 0 Å². The van der Waals surface area contributed by atoms with Crippen LogP contribution in [0.4, 0.5) is 33.2 Å². The third-order valence-corrected chi connectivity index (χ3v) is 7.15. The van der Waals surface area contributed by atoms with E-state index in [1.165, 1.54) is 0 Å². The molecule has 42 heavy (non-hydrogen) atoms. The fourth-order valence-corrected chi connectivity index (χ4v) is 5.24. The minimum absolute atomic E-state index is 0.402. The number of nitrogens with zero attached hydrogens (tertiary/aromatic N) is 2. The van der Waals surface area contributed by atoms with Gasteiger partial charge in [0, 0.05) is 52.7 Å². The van der Waals surface area contributed by atoms with Gasteiger partial charge in [-0.1, -0.05) is 30.3 Å². The Labute approximate surface area is 254 Å². The smallest absolute Gasteiger partial charge is 0.323 e. The maximum atomic E-state index is 13.0. The zero-order valence-electron chi connectivity index (χ0n) is 23.3. The molecule has 3 N–H and O–H groups in total. The molecule has 0 saturated carbocycles. The molecule has 1 aromatic heterocycles. The largest absolute Gasteiger partial charge is 0.495 e. The lowest BCUT2D eigenvalue weighted by molar-refractivity contribution is 0.262. The van der Waals surface area contributed by atoms with Crippen LogP contribution in [0.5, 0.6) is 11.5 Å². The van der Waals surface area contributed by atoms with Crippen LogP contribution in [0.2, 0.25) is 0 Å². The molecule has 0 fully saturated rings. The maximum absolute atomic E-state index is 13.0. The molecule has 0 atom stereocenters. The van der Waals surface area contributed by atoms with Gasteiger partial charge in [0.05, 0.1) is 31.1 Å². The molecule has 10 heteroatoms. The highest BCUT2D eigenvalue weighted by Gasteiger charge is 2.15. The first-order valence-corrected chi connectivity index (χ1v) is 14.5. The van der Waals surface area contributed by atoms with Crippen molar-refractivity contribution in [1.82, 2.24) is 4.98 Å². The number of methoxy groups -OCH3 is 2. The molecule has 0 aliphatic heterocycles. The Hall–Kier alpha value is -4.40. The van der Waals surface area contributed by atoms with E-state index in [0.29, 0.717) is 47.7 Å². The van der Waals surface area contributed by atoms with Gasteiger partial charge in [-0.15, -0.1) is 23.2 Å². The molecule has 216 valence electrons. The van der Waals surface area contributed by atoms with E-state index < -0.39 is 6.03 Å². The van der Waals surface area contributed by atoms with Crippen molar-refractivity contribution in [2.45, 2.75) is 0 Å². The summed E-state index contributed by atoms with van der Waals surface area (Å²) in [6.07, 6.45) is 0. The molecule has 2 amide bonds. The van der Waals surface area contributed by atoms with Crippen LogP contribution in [0.15, 0.2) is 84.9 Å². The van der Waals surface area contributed by atoms with Crippen molar-refractivity contribution in [2.24, 2.45) is 0 Å². The predicted octanol–water partition coefficient (Wildman–Crippen LogP) is 8.08.